The summed E-state index contributed by atoms with van der Waals surface area (Å²) in [6.45, 7) is 5.52. The predicted molar refractivity (Wildman–Crippen MR) is 77.5 cm³/mol. The molecular weight excluding hydrogens is 254 g/mol. The summed E-state index contributed by atoms with van der Waals surface area (Å²) >= 11 is 0. The van der Waals surface area contributed by atoms with Gasteiger partial charge in [0.2, 0.25) is 0 Å². The lowest BCUT2D eigenvalue weighted by molar-refractivity contribution is 0.156. The van der Waals surface area contributed by atoms with Crippen LogP contribution in [0.15, 0.2) is 24.5 Å². The van der Waals surface area contributed by atoms with Crippen LogP contribution in [0.25, 0.3) is 0 Å². The minimum Gasteiger partial charge on any atom is -0.394 e. The third-order valence-corrected chi connectivity index (χ3v) is 3.99. The van der Waals surface area contributed by atoms with Crippen molar-refractivity contribution < 1.29 is 9.90 Å². The van der Waals surface area contributed by atoms with Crippen molar-refractivity contribution in [3.63, 3.8) is 0 Å². The Balaban J connectivity index is 1.93. The maximum absolute atomic E-state index is 12.2. The zero-order chi connectivity index (χ0) is 14.6. The molecule has 0 spiro atoms. The van der Waals surface area contributed by atoms with Crippen LogP contribution in [0.3, 0.4) is 0 Å². The van der Waals surface area contributed by atoms with E-state index in [9.17, 15) is 9.90 Å². The number of aromatic nitrogens is 1. The molecule has 1 aromatic rings. The first-order valence-electron chi connectivity index (χ1n) is 7.10. The van der Waals surface area contributed by atoms with Gasteiger partial charge in [-0.15, -0.1) is 0 Å². The third kappa shape index (κ3) is 3.28. The summed E-state index contributed by atoms with van der Waals surface area (Å²) in [5.74, 6) is 0. The molecule has 1 aliphatic heterocycles. The first-order chi connectivity index (χ1) is 9.54. The van der Waals surface area contributed by atoms with E-state index in [0.29, 0.717) is 6.54 Å². The van der Waals surface area contributed by atoms with E-state index in [2.05, 4.69) is 24.1 Å². The van der Waals surface area contributed by atoms with Crippen molar-refractivity contribution in [1.29, 1.82) is 0 Å². The quantitative estimate of drug-likeness (QED) is 0.877. The molecule has 2 amide bonds. The van der Waals surface area contributed by atoms with Gasteiger partial charge in [-0.2, -0.15) is 0 Å². The van der Waals surface area contributed by atoms with Crippen LogP contribution >= 0.6 is 0 Å². The second-order valence-corrected chi connectivity index (χ2v) is 5.95. The van der Waals surface area contributed by atoms with E-state index in [1.165, 1.54) is 0 Å². The molecule has 5 nitrogen and oxygen atoms in total. The third-order valence-electron chi connectivity index (χ3n) is 3.99. The molecule has 110 valence electrons. The van der Waals surface area contributed by atoms with Gasteiger partial charge in [-0.25, -0.2) is 4.79 Å². The molecule has 0 radical (unpaired) electrons. The van der Waals surface area contributed by atoms with Gasteiger partial charge in [0, 0.05) is 30.9 Å². The number of aliphatic hydroxyl groups excluding tert-OH is 1. The van der Waals surface area contributed by atoms with Crippen LogP contribution in [0.1, 0.15) is 32.3 Å². The van der Waals surface area contributed by atoms with Gasteiger partial charge in [0.1, 0.15) is 0 Å². The summed E-state index contributed by atoms with van der Waals surface area (Å²) in [5.41, 5.74) is 1.00. The average molecular weight is 277 g/mol. The number of likely N-dealkylation sites (tertiary alicyclic amines) is 1. The normalized spacial score (nSPS) is 19.1. The Bertz CT molecular complexity index is 448. The zero-order valence-electron chi connectivity index (χ0n) is 12.2. The molecule has 2 N–H and O–H groups in total. The second kappa shape index (κ2) is 6.22. The van der Waals surface area contributed by atoms with E-state index >= 15 is 0 Å². The molecule has 0 aliphatic carbocycles. The average Bonchev–Trinajstić information content (AvgIpc) is 2.94. The summed E-state index contributed by atoms with van der Waals surface area (Å²) in [6, 6.07) is 3.83. The SMILES string of the molecule is CC(C)(CNC(=O)N1CCC[C@H]1CO)c1ccncc1. The van der Waals surface area contributed by atoms with E-state index in [1.807, 2.05) is 12.1 Å². The van der Waals surface area contributed by atoms with Gasteiger partial charge in [0.15, 0.2) is 0 Å². The lowest BCUT2D eigenvalue weighted by Crippen LogP contribution is -2.47. The fourth-order valence-corrected chi connectivity index (χ4v) is 2.60. The highest BCUT2D eigenvalue weighted by Gasteiger charge is 2.29. The second-order valence-electron chi connectivity index (χ2n) is 5.95. The van der Waals surface area contributed by atoms with Crippen LogP contribution in [0, 0.1) is 0 Å². The topological polar surface area (TPSA) is 65.5 Å². The zero-order valence-corrected chi connectivity index (χ0v) is 12.2. The number of urea groups is 1. The standard InChI is InChI=1S/C15H23N3O2/c1-15(2,12-5-7-16-8-6-12)11-17-14(20)18-9-3-4-13(18)10-19/h5-8,13,19H,3-4,9-11H2,1-2H3,(H,17,20)/t13-/m0/s1. The van der Waals surface area contributed by atoms with Crippen LogP contribution in [0.2, 0.25) is 0 Å². The molecule has 1 fully saturated rings. The largest absolute Gasteiger partial charge is 0.394 e. The Morgan fingerprint density at radius 2 is 2.20 bits per heavy atom. The molecule has 1 atom stereocenters. The Morgan fingerprint density at radius 1 is 1.50 bits per heavy atom. The number of nitrogens with one attached hydrogen (secondary N) is 1. The van der Waals surface area contributed by atoms with E-state index in [-0.39, 0.29) is 24.1 Å². The lowest BCUT2D eigenvalue weighted by atomic mass is 9.85. The Morgan fingerprint density at radius 3 is 2.85 bits per heavy atom. The van der Waals surface area contributed by atoms with Crippen molar-refractivity contribution >= 4 is 6.03 Å². The first kappa shape index (κ1) is 14.8. The number of carbonyl (C=O) groups is 1. The smallest absolute Gasteiger partial charge is 0.317 e. The van der Waals surface area contributed by atoms with Gasteiger partial charge in [0.05, 0.1) is 12.6 Å². The van der Waals surface area contributed by atoms with Crippen molar-refractivity contribution in [2.24, 2.45) is 0 Å². The number of amides is 2. The number of hydrogen-bond acceptors (Lipinski definition) is 3. The number of hydrogen-bond donors (Lipinski definition) is 2. The predicted octanol–water partition coefficient (Wildman–Crippen LogP) is 1.53. The summed E-state index contributed by atoms with van der Waals surface area (Å²) in [5, 5.41) is 12.2. The molecule has 5 heteroatoms. The van der Waals surface area contributed by atoms with Crippen LogP contribution in [0.4, 0.5) is 4.79 Å². The maximum atomic E-state index is 12.2. The Hall–Kier alpha value is -1.62. The van der Waals surface area contributed by atoms with Gasteiger partial charge in [0.25, 0.3) is 0 Å². The molecule has 1 saturated heterocycles. The number of pyridine rings is 1. The van der Waals surface area contributed by atoms with Crippen LogP contribution in [-0.2, 0) is 5.41 Å². The van der Waals surface area contributed by atoms with Crippen molar-refractivity contribution in [2.75, 3.05) is 19.7 Å². The summed E-state index contributed by atoms with van der Waals surface area (Å²) in [4.78, 5) is 17.9. The van der Waals surface area contributed by atoms with Crippen molar-refractivity contribution in [2.45, 2.75) is 38.1 Å². The van der Waals surface area contributed by atoms with E-state index < -0.39 is 0 Å². The molecule has 0 unspecified atom stereocenters. The maximum Gasteiger partial charge on any atom is 0.317 e. The van der Waals surface area contributed by atoms with Crippen molar-refractivity contribution in [1.82, 2.24) is 15.2 Å². The summed E-state index contributed by atoms with van der Waals surface area (Å²) < 4.78 is 0. The van der Waals surface area contributed by atoms with Gasteiger partial charge in [-0.3, -0.25) is 4.98 Å². The number of carbonyl (C=O) groups excluding carboxylic acids is 1. The molecule has 2 heterocycles. The van der Waals surface area contributed by atoms with Crippen molar-refractivity contribution in [3.05, 3.63) is 30.1 Å². The van der Waals surface area contributed by atoms with Gasteiger partial charge in [-0.05, 0) is 30.5 Å². The fraction of sp³-hybridized carbons (Fsp3) is 0.600. The molecular formula is C15H23N3O2. The fourth-order valence-electron chi connectivity index (χ4n) is 2.60. The molecule has 1 aromatic heterocycles. The Labute approximate surface area is 120 Å². The van der Waals surface area contributed by atoms with Crippen LogP contribution in [-0.4, -0.2) is 46.8 Å². The molecule has 0 bridgehead atoms. The van der Waals surface area contributed by atoms with E-state index in [0.717, 1.165) is 24.9 Å². The summed E-state index contributed by atoms with van der Waals surface area (Å²) in [7, 11) is 0. The number of rotatable bonds is 4. The number of nitrogens with zero attached hydrogens (tertiary/aromatic N) is 2. The molecule has 20 heavy (non-hydrogen) atoms. The first-order valence-corrected chi connectivity index (χ1v) is 7.10. The van der Waals surface area contributed by atoms with Gasteiger partial charge in [-0.1, -0.05) is 13.8 Å². The van der Waals surface area contributed by atoms with E-state index in [1.54, 1.807) is 17.3 Å². The van der Waals surface area contributed by atoms with Crippen LogP contribution in [0.5, 0.6) is 0 Å². The molecule has 0 aromatic carbocycles. The van der Waals surface area contributed by atoms with E-state index in [4.69, 9.17) is 0 Å². The van der Waals surface area contributed by atoms with Crippen molar-refractivity contribution in [3.8, 4) is 0 Å². The van der Waals surface area contributed by atoms with Crippen LogP contribution < -0.4 is 5.32 Å². The van der Waals surface area contributed by atoms with Gasteiger partial charge >= 0.3 is 6.03 Å². The monoisotopic (exact) mass is 277 g/mol. The highest BCUT2D eigenvalue weighted by Crippen LogP contribution is 2.22. The Kier molecular flexibility index (Phi) is 4.60. The molecule has 0 saturated carbocycles. The highest BCUT2D eigenvalue weighted by atomic mass is 16.3. The highest BCUT2D eigenvalue weighted by molar-refractivity contribution is 5.75. The summed E-state index contributed by atoms with van der Waals surface area (Å²) in [6.07, 6.45) is 5.38. The lowest BCUT2D eigenvalue weighted by Gasteiger charge is -2.29. The minimum absolute atomic E-state index is 0.0287. The number of aliphatic hydroxyl groups is 1. The molecule has 1 aliphatic rings. The van der Waals surface area contributed by atoms with Gasteiger partial charge < -0.3 is 15.3 Å². The molecule has 2 rings (SSSR count). The minimum atomic E-state index is -0.146.